The Hall–Kier alpha value is -0.650. The molecule has 0 aromatic carbocycles. The van der Waals surface area contributed by atoms with Gasteiger partial charge in [0.1, 0.15) is 5.60 Å². The zero-order valence-corrected chi connectivity index (χ0v) is 18.9. The van der Waals surface area contributed by atoms with Gasteiger partial charge in [-0.3, -0.25) is 4.79 Å². The smallest absolute Gasteiger partial charge is 0.309 e. The van der Waals surface area contributed by atoms with E-state index in [9.17, 15) is 9.90 Å². The summed E-state index contributed by atoms with van der Waals surface area (Å²) in [6.07, 6.45) is 7.55. The number of carbonyl (C=O) groups is 1. The van der Waals surface area contributed by atoms with Crippen molar-refractivity contribution in [3.63, 3.8) is 0 Å². The summed E-state index contributed by atoms with van der Waals surface area (Å²) in [5.74, 6) is 0.793. The van der Waals surface area contributed by atoms with Crippen LogP contribution in [-0.4, -0.2) is 46.7 Å². The summed E-state index contributed by atoms with van der Waals surface area (Å²) < 4.78 is 18.7. The largest absolute Gasteiger partial charge is 0.459 e. The molecule has 1 saturated carbocycles. The minimum atomic E-state index is -1.11. The van der Waals surface area contributed by atoms with Crippen molar-refractivity contribution in [1.29, 1.82) is 0 Å². The van der Waals surface area contributed by atoms with Crippen LogP contribution in [0.5, 0.6) is 0 Å². The Bertz CT molecular complexity index is 608. The molecule has 0 aromatic heterocycles. The van der Waals surface area contributed by atoms with Crippen LogP contribution in [0.25, 0.3) is 0 Å². The molecule has 4 aliphatic rings. The Morgan fingerprint density at radius 3 is 2.34 bits per heavy atom. The summed E-state index contributed by atoms with van der Waals surface area (Å²) in [6.45, 7) is 10.4. The fourth-order valence-electron chi connectivity index (χ4n) is 6.96. The zero-order chi connectivity index (χ0) is 21.0. The van der Waals surface area contributed by atoms with Crippen LogP contribution in [0.15, 0.2) is 0 Å². The number of hydrogen-bond acceptors (Lipinski definition) is 5. The van der Waals surface area contributed by atoms with Gasteiger partial charge in [0.2, 0.25) is 0 Å². The van der Waals surface area contributed by atoms with Gasteiger partial charge in [-0.25, -0.2) is 0 Å². The lowest BCUT2D eigenvalue weighted by Crippen LogP contribution is -2.49. The Kier molecular flexibility index (Phi) is 5.80. The lowest BCUT2D eigenvalue weighted by atomic mass is 9.66. The van der Waals surface area contributed by atoms with Gasteiger partial charge in [-0.2, -0.15) is 0 Å². The maximum absolute atomic E-state index is 12.9. The van der Waals surface area contributed by atoms with E-state index in [0.717, 1.165) is 44.9 Å². The summed E-state index contributed by atoms with van der Waals surface area (Å²) in [4.78, 5) is 12.9. The molecular weight excluding hydrogens is 368 g/mol. The molecule has 8 atom stereocenters. The Labute approximate surface area is 175 Å². The van der Waals surface area contributed by atoms with Crippen molar-refractivity contribution < 1.29 is 24.1 Å². The van der Waals surface area contributed by atoms with E-state index in [2.05, 4.69) is 27.7 Å². The highest BCUT2D eigenvalue weighted by Crippen LogP contribution is 2.57. The van der Waals surface area contributed by atoms with Crippen LogP contribution in [-0.2, 0) is 19.0 Å². The predicted octanol–water partition coefficient (Wildman–Crippen LogP) is 4.25. The van der Waals surface area contributed by atoms with Crippen LogP contribution < -0.4 is 0 Å². The van der Waals surface area contributed by atoms with Gasteiger partial charge in [-0.15, -0.1) is 0 Å². The molecule has 3 heterocycles. The Balaban J connectivity index is 1.44. The van der Waals surface area contributed by atoms with Crippen molar-refractivity contribution in [2.24, 2.45) is 23.7 Å². The third kappa shape index (κ3) is 3.55. The average molecular weight is 409 g/mol. The Morgan fingerprint density at radius 1 is 1.14 bits per heavy atom. The summed E-state index contributed by atoms with van der Waals surface area (Å²) >= 11 is 0. The van der Waals surface area contributed by atoms with Crippen molar-refractivity contribution >= 4 is 5.97 Å². The van der Waals surface area contributed by atoms with Gasteiger partial charge in [0.05, 0.1) is 36.4 Å². The van der Waals surface area contributed by atoms with Gasteiger partial charge in [0, 0.05) is 17.8 Å². The molecule has 4 rings (SSSR count). The summed E-state index contributed by atoms with van der Waals surface area (Å²) in [5, 5.41) is 11.4. The van der Waals surface area contributed by atoms with E-state index in [-0.39, 0.29) is 48.3 Å². The maximum atomic E-state index is 12.9. The maximum Gasteiger partial charge on any atom is 0.309 e. The van der Waals surface area contributed by atoms with Gasteiger partial charge < -0.3 is 19.3 Å². The molecule has 0 amide bonds. The van der Waals surface area contributed by atoms with E-state index in [1.807, 2.05) is 6.92 Å². The lowest BCUT2D eigenvalue weighted by molar-refractivity contribution is -0.172. The third-order valence-electron chi connectivity index (χ3n) is 8.60. The first-order valence-corrected chi connectivity index (χ1v) is 12.0. The monoisotopic (exact) mass is 408 g/mol. The topological polar surface area (TPSA) is 65.0 Å². The van der Waals surface area contributed by atoms with Gasteiger partial charge in [-0.1, -0.05) is 27.7 Å². The minimum Gasteiger partial charge on any atom is -0.459 e. The number of fused-ring (bicyclic) bond motifs is 5. The van der Waals surface area contributed by atoms with Gasteiger partial charge in [-0.05, 0) is 57.8 Å². The first kappa shape index (κ1) is 21.6. The van der Waals surface area contributed by atoms with E-state index >= 15 is 0 Å². The number of esters is 1. The molecule has 3 aliphatic heterocycles. The van der Waals surface area contributed by atoms with Crippen molar-refractivity contribution in [1.82, 2.24) is 0 Å². The highest BCUT2D eigenvalue weighted by atomic mass is 16.6. The lowest BCUT2D eigenvalue weighted by Gasteiger charge is -2.39. The average Bonchev–Trinajstić information content (AvgIpc) is 3.41. The molecule has 0 radical (unpaired) electrons. The standard InChI is InChI=1S/C24H40O5/c1-6-16-20-18-12-15(22(28-18)21(20)17(7-2)27-16)23(5,26)13-19(25)29-24(14(3)4)10-8-9-11-24/h14-18,20-22,26H,6-13H2,1-5H3. The first-order chi connectivity index (χ1) is 13.7. The highest BCUT2D eigenvalue weighted by molar-refractivity contribution is 5.71. The molecule has 5 nitrogen and oxygen atoms in total. The van der Waals surface area contributed by atoms with Crippen LogP contribution in [0.3, 0.4) is 0 Å². The second-order valence-corrected chi connectivity index (χ2v) is 10.6. The van der Waals surface area contributed by atoms with Gasteiger partial charge >= 0.3 is 5.97 Å². The molecule has 0 aromatic rings. The third-order valence-corrected chi connectivity index (χ3v) is 8.60. The quantitative estimate of drug-likeness (QED) is 0.638. The van der Waals surface area contributed by atoms with E-state index in [4.69, 9.17) is 14.2 Å². The van der Waals surface area contributed by atoms with Crippen molar-refractivity contribution in [2.45, 2.75) is 122 Å². The van der Waals surface area contributed by atoms with E-state index in [1.165, 1.54) is 0 Å². The fourth-order valence-corrected chi connectivity index (χ4v) is 6.96. The zero-order valence-electron chi connectivity index (χ0n) is 18.9. The molecule has 1 aliphatic carbocycles. The van der Waals surface area contributed by atoms with Crippen LogP contribution in [0.4, 0.5) is 0 Å². The molecule has 0 spiro atoms. The molecule has 3 saturated heterocycles. The molecule has 8 unspecified atom stereocenters. The molecule has 29 heavy (non-hydrogen) atoms. The molecule has 2 bridgehead atoms. The van der Waals surface area contributed by atoms with Crippen LogP contribution in [0, 0.1) is 23.7 Å². The number of hydrogen-bond donors (Lipinski definition) is 1. The van der Waals surface area contributed by atoms with Crippen molar-refractivity contribution in [3.05, 3.63) is 0 Å². The fraction of sp³-hybridized carbons (Fsp3) is 0.958. The number of carbonyl (C=O) groups excluding carboxylic acids is 1. The van der Waals surface area contributed by atoms with Crippen LogP contribution >= 0.6 is 0 Å². The van der Waals surface area contributed by atoms with Crippen LogP contribution in [0.1, 0.15) is 86.0 Å². The van der Waals surface area contributed by atoms with E-state index < -0.39 is 5.60 Å². The summed E-state index contributed by atoms with van der Waals surface area (Å²) in [6, 6.07) is 0. The second-order valence-electron chi connectivity index (χ2n) is 10.6. The molecule has 5 heteroatoms. The SMILES string of the molecule is CCC1OC(CC)C2C3OC(CC3C(C)(O)CC(=O)OC3(C(C)C)CCCC3)C12. The molecular formula is C24H40O5. The molecule has 1 N–H and O–H groups in total. The predicted molar refractivity (Wildman–Crippen MR) is 110 cm³/mol. The highest BCUT2D eigenvalue weighted by Gasteiger charge is 2.65. The normalized spacial score (nSPS) is 42.2. The Morgan fingerprint density at radius 2 is 1.76 bits per heavy atom. The second kappa shape index (κ2) is 7.80. The summed E-state index contributed by atoms with van der Waals surface area (Å²) in [7, 11) is 0. The van der Waals surface area contributed by atoms with Crippen LogP contribution in [0.2, 0.25) is 0 Å². The van der Waals surface area contributed by atoms with E-state index in [1.54, 1.807) is 0 Å². The summed E-state index contributed by atoms with van der Waals surface area (Å²) in [5.41, 5.74) is -1.45. The number of rotatable bonds is 7. The van der Waals surface area contributed by atoms with Crippen molar-refractivity contribution in [3.8, 4) is 0 Å². The number of aliphatic hydroxyl groups is 1. The first-order valence-electron chi connectivity index (χ1n) is 12.0. The molecule has 166 valence electrons. The number of ether oxygens (including phenoxy) is 3. The van der Waals surface area contributed by atoms with Crippen molar-refractivity contribution in [2.75, 3.05) is 0 Å². The van der Waals surface area contributed by atoms with Gasteiger partial charge in [0.15, 0.2) is 0 Å². The molecule has 4 fully saturated rings. The van der Waals surface area contributed by atoms with E-state index in [0.29, 0.717) is 17.8 Å². The van der Waals surface area contributed by atoms with Gasteiger partial charge in [0.25, 0.3) is 0 Å². The minimum absolute atomic E-state index is 0.0140.